The van der Waals surface area contributed by atoms with E-state index in [1.165, 1.54) is 12.8 Å². The van der Waals surface area contributed by atoms with Crippen LogP contribution in [-0.2, 0) is 0 Å². The van der Waals surface area contributed by atoms with Crippen molar-refractivity contribution in [1.82, 2.24) is 15.5 Å². The van der Waals surface area contributed by atoms with Crippen LogP contribution in [0.5, 0.6) is 0 Å². The molecule has 0 spiro atoms. The molecule has 0 aromatic carbocycles. The summed E-state index contributed by atoms with van der Waals surface area (Å²) in [4.78, 5) is 4.29. The molecule has 0 atom stereocenters. The Bertz CT molecular complexity index is 289. The fraction of sp³-hybridized carbons (Fsp3) is 0.800. The van der Waals surface area contributed by atoms with Crippen LogP contribution in [0.4, 0.5) is 0 Å². The van der Waals surface area contributed by atoms with Crippen molar-refractivity contribution in [3.63, 3.8) is 0 Å². The molecule has 0 saturated heterocycles. The molecule has 0 radical (unpaired) electrons. The van der Waals surface area contributed by atoms with Gasteiger partial charge in [-0.15, -0.1) is 0 Å². The van der Waals surface area contributed by atoms with Crippen LogP contribution >= 0.6 is 0 Å². The number of hydrogen-bond donors (Lipinski definition) is 1. The average Bonchev–Trinajstić information content (AvgIpc) is 2.65. The van der Waals surface area contributed by atoms with Gasteiger partial charge in [0.1, 0.15) is 0 Å². The first-order chi connectivity index (χ1) is 6.79. The zero-order valence-corrected chi connectivity index (χ0v) is 8.79. The fourth-order valence-corrected chi connectivity index (χ4v) is 2.11. The fourth-order valence-electron chi connectivity index (χ4n) is 2.11. The Morgan fingerprint density at radius 1 is 1.29 bits per heavy atom. The van der Waals surface area contributed by atoms with E-state index in [-0.39, 0.29) is 0 Å². The summed E-state index contributed by atoms with van der Waals surface area (Å²) in [6.07, 6.45) is 4.74. The van der Waals surface area contributed by atoms with Crippen LogP contribution < -0.4 is 5.32 Å². The van der Waals surface area contributed by atoms with Crippen LogP contribution in [0.25, 0.3) is 0 Å². The summed E-state index contributed by atoms with van der Waals surface area (Å²) in [5, 5.41) is 7.14. The lowest BCUT2D eigenvalue weighted by atomic mass is 9.86. The van der Waals surface area contributed by atoms with E-state index in [1.54, 1.807) is 0 Å². The summed E-state index contributed by atoms with van der Waals surface area (Å²) in [6, 6.07) is 0.676. The summed E-state index contributed by atoms with van der Waals surface area (Å²) in [5.74, 6) is 2.06. The predicted octanol–water partition coefficient (Wildman–Crippen LogP) is 1.62. The minimum Gasteiger partial charge on any atom is -0.339 e. The van der Waals surface area contributed by atoms with E-state index in [4.69, 9.17) is 4.52 Å². The standard InChI is InChI=1S/C10H17N3O/c1-7-12-10(14-13-7)8-3-5-9(11-2)6-4-8/h8-9,11H,3-6H2,1-2H3. The monoisotopic (exact) mass is 195 g/mol. The van der Waals surface area contributed by atoms with Crippen molar-refractivity contribution >= 4 is 0 Å². The number of nitrogens with zero attached hydrogens (tertiary/aromatic N) is 2. The van der Waals surface area contributed by atoms with Gasteiger partial charge in [0.2, 0.25) is 5.89 Å². The van der Waals surface area contributed by atoms with Gasteiger partial charge in [0.05, 0.1) is 0 Å². The van der Waals surface area contributed by atoms with Crippen molar-refractivity contribution in [1.29, 1.82) is 0 Å². The summed E-state index contributed by atoms with van der Waals surface area (Å²) in [6.45, 7) is 1.87. The lowest BCUT2D eigenvalue weighted by molar-refractivity contribution is 0.288. The maximum Gasteiger partial charge on any atom is 0.229 e. The molecule has 0 aliphatic heterocycles. The molecule has 1 aliphatic carbocycles. The molecule has 1 heterocycles. The summed E-state index contributed by atoms with van der Waals surface area (Å²) >= 11 is 0. The molecule has 1 saturated carbocycles. The zero-order valence-electron chi connectivity index (χ0n) is 8.79. The number of hydrogen-bond acceptors (Lipinski definition) is 4. The van der Waals surface area contributed by atoms with E-state index in [0.717, 1.165) is 24.6 Å². The Kier molecular flexibility index (Phi) is 2.82. The molecule has 0 bridgehead atoms. The summed E-state index contributed by atoms with van der Waals surface area (Å²) in [7, 11) is 2.03. The normalized spacial score (nSPS) is 27.9. The maximum absolute atomic E-state index is 5.19. The first kappa shape index (κ1) is 9.65. The molecule has 4 nitrogen and oxygen atoms in total. The van der Waals surface area contributed by atoms with Crippen LogP contribution in [0.1, 0.15) is 43.3 Å². The molecule has 78 valence electrons. The topological polar surface area (TPSA) is 51.0 Å². The van der Waals surface area contributed by atoms with Gasteiger partial charge in [-0.3, -0.25) is 0 Å². The van der Waals surface area contributed by atoms with Crippen molar-refractivity contribution in [2.75, 3.05) is 7.05 Å². The molecular weight excluding hydrogens is 178 g/mol. The lowest BCUT2D eigenvalue weighted by Crippen LogP contribution is -2.29. The number of aromatic nitrogens is 2. The minimum atomic E-state index is 0.487. The smallest absolute Gasteiger partial charge is 0.229 e. The zero-order chi connectivity index (χ0) is 9.97. The van der Waals surface area contributed by atoms with Crippen LogP contribution in [0.2, 0.25) is 0 Å². The van der Waals surface area contributed by atoms with Gasteiger partial charge in [0.15, 0.2) is 5.82 Å². The molecule has 4 heteroatoms. The van der Waals surface area contributed by atoms with E-state index >= 15 is 0 Å². The second-order valence-corrected chi connectivity index (χ2v) is 4.02. The third-order valence-corrected chi connectivity index (χ3v) is 3.03. The van der Waals surface area contributed by atoms with E-state index in [2.05, 4.69) is 15.5 Å². The largest absolute Gasteiger partial charge is 0.339 e. The highest BCUT2D eigenvalue weighted by Crippen LogP contribution is 2.31. The molecule has 0 amide bonds. The van der Waals surface area contributed by atoms with Gasteiger partial charge < -0.3 is 9.84 Å². The Labute approximate surface area is 84.1 Å². The Morgan fingerprint density at radius 2 is 2.00 bits per heavy atom. The second kappa shape index (κ2) is 4.09. The van der Waals surface area contributed by atoms with E-state index < -0.39 is 0 Å². The van der Waals surface area contributed by atoms with Crippen molar-refractivity contribution in [3.8, 4) is 0 Å². The van der Waals surface area contributed by atoms with Crippen LogP contribution in [-0.4, -0.2) is 23.2 Å². The van der Waals surface area contributed by atoms with Crippen molar-refractivity contribution < 1.29 is 4.52 Å². The highest BCUT2D eigenvalue weighted by atomic mass is 16.5. The van der Waals surface area contributed by atoms with E-state index in [1.807, 2.05) is 14.0 Å². The lowest BCUT2D eigenvalue weighted by Gasteiger charge is -2.25. The van der Waals surface area contributed by atoms with Gasteiger partial charge in [-0.2, -0.15) is 4.98 Å². The number of aryl methyl sites for hydroxylation is 1. The third-order valence-electron chi connectivity index (χ3n) is 3.03. The summed E-state index contributed by atoms with van der Waals surface area (Å²) in [5.41, 5.74) is 0. The third kappa shape index (κ3) is 1.95. The van der Waals surface area contributed by atoms with Gasteiger partial charge >= 0.3 is 0 Å². The van der Waals surface area contributed by atoms with Crippen molar-refractivity contribution in [3.05, 3.63) is 11.7 Å². The van der Waals surface area contributed by atoms with Gasteiger partial charge in [-0.1, -0.05) is 5.16 Å². The van der Waals surface area contributed by atoms with Gasteiger partial charge in [0.25, 0.3) is 0 Å². The van der Waals surface area contributed by atoms with E-state index in [0.29, 0.717) is 12.0 Å². The number of rotatable bonds is 2. The second-order valence-electron chi connectivity index (χ2n) is 4.02. The van der Waals surface area contributed by atoms with Crippen LogP contribution in [0.15, 0.2) is 4.52 Å². The molecule has 1 N–H and O–H groups in total. The summed E-state index contributed by atoms with van der Waals surface area (Å²) < 4.78 is 5.19. The Hall–Kier alpha value is -0.900. The SMILES string of the molecule is CNC1CCC(c2nc(C)no2)CC1. The first-order valence-electron chi connectivity index (χ1n) is 5.27. The van der Waals surface area contributed by atoms with Crippen molar-refractivity contribution in [2.24, 2.45) is 0 Å². The van der Waals surface area contributed by atoms with Crippen LogP contribution in [0.3, 0.4) is 0 Å². The van der Waals surface area contributed by atoms with Gasteiger partial charge in [0, 0.05) is 12.0 Å². The molecule has 14 heavy (non-hydrogen) atoms. The maximum atomic E-state index is 5.19. The first-order valence-corrected chi connectivity index (χ1v) is 5.27. The quantitative estimate of drug-likeness (QED) is 0.779. The predicted molar refractivity (Wildman–Crippen MR) is 53.1 cm³/mol. The molecule has 1 aromatic heterocycles. The molecule has 1 aromatic rings. The molecule has 1 aliphatic rings. The minimum absolute atomic E-state index is 0.487. The molecule has 1 fully saturated rings. The van der Waals surface area contributed by atoms with Crippen molar-refractivity contribution in [2.45, 2.75) is 44.6 Å². The average molecular weight is 195 g/mol. The highest BCUT2D eigenvalue weighted by molar-refractivity contribution is 4.96. The van der Waals surface area contributed by atoms with Gasteiger partial charge in [-0.05, 0) is 39.7 Å². The molecule has 2 rings (SSSR count). The molecular formula is C10H17N3O. The highest BCUT2D eigenvalue weighted by Gasteiger charge is 2.24. The Balaban J connectivity index is 1.95. The Morgan fingerprint density at radius 3 is 2.50 bits per heavy atom. The van der Waals surface area contributed by atoms with E-state index in [9.17, 15) is 0 Å². The molecule has 0 unspecified atom stereocenters. The number of nitrogens with one attached hydrogen (secondary N) is 1. The van der Waals surface area contributed by atoms with Crippen LogP contribution in [0, 0.1) is 6.92 Å². The van der Waals surface area contributed by atoms with Gasteiger partial charge in [-0.25, -0.2) is 0 Å².